The predicted octanol–water partition coefficient (Wildman–Crippen LogP) is 2.76. The summed E-state index contributed by atoms with van der Waals surface area (Å²) in [5, 5.41) is 0.693. The van der Waals surface area contributed by atoms with Crippen LogP contribution >= 0.6 is 11.6 Å². The molecule has 0 aliphatic carbocycles. The molecular weight excluding hydrogens is 132 g/mol. The molecule has 0 saturated heterocycles. The summed E-state index contributed by atoms with van der Waals surface area (Å²) in [7, 11) is 0. The molecule has 0 amide bonds. The molecule has 0 bridgehead atoms. The molecule has 1 rings (SSSR count). The minimum atomic E-state index is 0.693. The molecule has 0 N–H and O–H groups in total. The summed E-state index contributed by atoms with van der Waals surface area (Å²) in [5.74, 6) is 0. The molecule has 0 fully saturated rings. The van der Waals surface area contributed by atoms with Gasteiger partial charge in [0.2, 0.25) is 0 Å². The summed E-state index contributed by atoms with van der Waals surface area (Å²) in [6, 6.07) is 6.85. The molecule has 47 valence electrons. The first-order chi connectivity index (χ1) is 4.20. The summed E-state index contributed by atoms with van der Waals surface area (Å²) in [6.45, 7) is 4.05. The van der Waals surface area contributed by atoms with Crippen LogP contribution in [0.1, 0.15) is 11.1 Å². The van der Waals surface area contributed by atoms with Gasteiger partial charge < -0.3 is 0 Å². The maximum absolute atomic E-state index is 5.66. The highest BCUT2D eigenvalue weighted by molar-refractivity contribution is 6.30. The minimum Gasteiger partial charge on any atom is -0.0837 e. The van der Waals surface area contributed by atoms with E-state index >= 15 is 0 Å². The molecule has 0 spiro atoms. The zero-order valence-electron chi connectivity index (χ0n) is 5.53. The Labute approximate surface area is 60.5 Å². The van der Waals surface area contributed by atoms with Gasteiger partial charge in [-0.3, -0.25) is 0 Å². The lowest BCUT2D eigenvalue weighted by molar-refractivity contribution is 1.33. The zero-order valence-corrected chi connectivity index (χ0v) is 6.29. The van der Waals surface area contributed by atoms with Crippen LogP contribution in [0.4, 0.5) is 0 Å². The Kier molecular flexibility index (Phi) is 1.77. The van der Waals surface area contributed by atoms with E-state index in [1.165, 1.54) is 5.56 Å². The van der Waals surface area contributed by atoms with Gasteiger partial charge in [0.1, 0.15) is 0 Å². The van der Waals surface area contributed by atoms with Gasteiger partial charge in [-0.25, -0.2) is 0 Å². The van der Waals surface area contributed by atoms with E-state index in [9.17, 15) is 0 Å². The fraction of sp³-hybridized carbons (Fsp3) is 0.250. The van der Waals surface area contributed by atoms with Crippen molar-refractivity contribution < 1.29 is 0 Å². The molecule has 0 aliphatic heterocycles. The van der Waals surface area contributed by atoms with Gasteiger partial charge in [-0.05, 0) is 31.0 Å². The zero-order chi connectivity index (χ0) is 6.85. The number of aryl methyl sites for hydroxylation is 2. The van der Waals surface area contributed by atoms with Crippen molar-refractivity contribution in [2.24, 2.45) is 0 Å². The van der Waals surface area contributed by atoms with Crippen LogP contribution in [-0.2, 0) is 0 Å². The summed E-state index contributed by atoms with van der Waals surface area (Å²) < 4.78 is 0. The van der Waals surface area contributed by atoms with Crippen molar-refractivity contribution >= 4 is 11.6 Å². The number of rotatable bonds is 0. The first-order valence-electron chi connectivity index (χ1n) is 2.85. The maximum atomic E-state index is 5.66. The molecule has 0 unspecified atom stereocenters. The summed E-state index contributed by atoms with van der Waals surface area (Å²) in [5.41, 5.74) is 2.36. The van der Waals surface area contributed by atoms with Crippen LogP contribution in [0.5, 0.6) is 0 Å². The van der Waals surface area contributed by atoms with Crippen molar-refractivity contribution in [2.45, 2.75) is 13.8 Å². The van der Waals surface area contributed by atoms with Gasteiger partial charge in [0.15, 0.2) is 0 Å². The third-order valence-corrected chi connectivity index (χ3v) is 1.60. The van der Waals surface area contributed by atoms with Crippen LogP contribution in [0, 0.1) is 19.9 Å². The van der Waals surface area contributed by atoms with Crippen molar-refractivity contribution in [3.63, 3.8) is 0 Å². The molecule has 0 aromatic heterocycles. The van der Waals surface area contributed by atoms with Crippen LogP contribution < -0.4 is 0 Å². The summed E-state index contributed by atoms with van der Waals surface area (Å²) in [4.78, 5) is 0. The molecule has 0 nitrogen and oxygen atoms in total. The van der Waals surface area contributed by atoms with E-state index < -0.39 is 0 Å². The van der Waals surface area contributed by atoms with Crippen LogP contribution in [0.15, 0.2) is 12.1 Å². The Morgan fingerprint density at radius 3 is 2.44 bits per heavy atom. The first-order valence-corrected chi connectivity index (χ1v) is 3.23. The number of hydrogen-bond donors (Lipinski definition) is 0. The van der Waals surface area contributed by atoms with E-state index in [1.807, 2.05) is 26.0 Å². The van der Waals surface area contributed by atoms with Crippen LogP contribution in [0.2, 0.25) is 5.02 Å². The Bertz CT molecular complexity index is 216. The van der Waals surface area contributed by atoms with E-state index in [1.54, 1.807) is 0 Å². The molecule has 1 aromatic carbocycles. The van der Waals surface area contributed by atoms with E-state index in [0.29, 0.717) is 5.02 Å². The van der Waals surface area contributed by atoms with Crippen LogP contribution in [0.25, 0.3) is 0 Å². The van der Waals surface area contributed by atoms with E-state index in [0.717, 1.165) is 5.56 Å². The summed E-state index contributed by atoms with van der Waals surface area (Å²) >= 11 is 5.66. The largest absolute Gasteiger partial charge is 0.0837 e. The molecular formula is C8H8Cl. The second kappa shape index (κ2) is 2.40. The van der Waals surface area contributed by atoms with Gasteiger partial charge in [-0.2, -0.15) is 0 Å². The second-order valence-electron chi connectivity index (χ2n) is 2.11. The van der Waals surface area contributed by atoms with Crippen molar-refractivity contribution in [1.82, 2.24) is 0 Å². The average Bonchev–Trinajstić information content (AvgIpc) is 1.80. The lowest BCUT2D eigenvalue weighted by Crippen LogP contribution is -1.78. The van der Waals surface area contributed by atoms with E-state index in [-0.39, 0.29) is 0 Å². The molecule has 1 heteroatoms. The van der Waals surface area contributed by atoms with Gasteiger partial charge in [0.05, 0.1) is 0 Å². The maximum Gasteiger partial charge on any atom is 0.0487 e. The monoisotopic (exact) mass is 139 g/mol. The topological polar surface area (TPSA) is 0 Å². The fourth-order valence-corrected chi connectivity index (χ4v) is 0.847. The molecule has 1 aromatic rings. The quantitative estimate of drug-likeness (QED) is 0.519. The Morgan fingerprint density at radius 2 is 2.00 bits per heavy atom. The van der Waals surface area contributed by atoms with Gasteiger partial charge >= 0.3 is 0 Å². The predicted molar refractivity (Wildman–Crippen MR) is 39.8 cm³/mol. The highest BCUT2D eigenvalue weighted by Crippen LogP contribution is 2.12. The van der Waals surface area contributed by atoms with E-state index in [2.05, 4.69) is 6.07 Å². The van der Waals surface area contributed by atoms with Crippen molar-refractivity contribution in [3.05, 3.63) is 34.3 Å². The van der Waals surface area contributed by atoms with Gasteiger partial charge in [0, 0.05) is 11.1 Å². The molecule has 0 aliphatic rings. The summed E-state index contributed by atoms with van der Waals surface area (Å²) in [6.07, 6.45) is 0. The standard InChI is InChI=1S/C8H8Cl/c1-6-3-4-8(9)5-7(6)2/h3-4H,1-2H3. The number of hydrogen-bond acceptors (Lipinski definition) is 0. The number of halogens is 1. The van der Waals surface area contributed by atoms with Crippen molar-refractivity contribution in [2.75, 3.05) is 0 Å². The fourth-order valence-electron chi connectivity index (χ4n) is 0.643. The number of benzene rings is 1. The lowest BCUT2D eigenvalue weighted by atomic mass is 10.1. The van der Waals surface area contributed by atoms with Crippen LogP contribution in [0.3, 0.4) is 0 Å². The molecule has 0 heterocycles. The Morgan fingerprint density at radius 1 is 1.33 bits per heavy atom. The van der Waals surface area contributed by atoms with Crippen molar-refractivity contribution in [3.8, 4) is 0 Å². The van der Waals surface area contributed by atoms with Gasteiger partial charge in [-0.1, -0.05) is 17.7 Å². The SMILES string of the molecule is Cc1[c]c(Cl)ccc1C. The van der Waals surface area contributed by atoms with Crippen molar-refractivity contribution in [1.29, 1.82) is 0 Å². The molecule has 0 saturated carbocycles. The normalized spacial score (nSPS) is 9.67. The van der Waals surface area contributed by atoms with Gasteiger partial charge in [0.25, 0.3) is 0 Å². The highest BCUT2D eigenvalue weighted by Gasteiger charge is 1.91. The molecule has 9 heavy (non-hydrogen) atoms. The lowest BCUT2D eigenvalue weighted by Gasteiger charge is -1.96. The van der Waals surface area contributed by atoms with Gasteiger partial charge in [-0.15, -0.1) is 0 Å². The highest BCUT2D eigenvalue weighted by atomic mass is 35.5. The third-order valence-electron chi connectivity index (χ3n) is 1.38. The second-order valence-corrected chi connectivity index (χ2v) is 2.52. The first kappa shape index (κ1) is 6.63. The smallest absolute Gasteiger partial charge is 0.0487 e. The molecule has 1 radical (unpaired) electrons. The third kappa shape index (κ3) is 1.46. The van der Waals surface area contributed by atoms with E-state index in [4.69, 9.17) is 11.6 Å². The molecule has 0 atom stereocenters. The van der Waals surface area contributed by atoms with Crippen LogP contribution in [-0.4, -0.2) is 0 Å². The average molecular weight is 140 g/mol. The Hall–Kier alpha value is -0.490. The Balaban J connectivity index is 3.17. The minimum absolute atomic E-state index is 0.693.